The Morgan fingerprint density at radius 2 is 2.00 bits per heavy atom. The number of benzene rings is 1. The highest BCUT2D eigenvalue weighted by molar-refractivity contribution is 5.84. The zero-order chi connectivity index (χ0) is 16.8. The number of esters is 1. The van der Waals surface area contributed by atoms with Crippen LogP contribution in [0.3, 0.4) is 0 Å². The third-order valence-corrected chi connectivity index (χ3v) is 4.47. The average Bonchev–Trinajstić information content (AvgIpc) is 2.64. The lowest BCUT2D eigenvalue weighted by Gasteiger charge is -2.40. The quantitative estimate of drug-likeness (QED) is 0.849. The van der Waals surface area contributed by atoms with Gasteiger partial charge in [0.25, 0.3) is 0 Å². The smallest absolute Gasteiger partial charge is 0.331 e. The fourth-order valence-electron chi connectivity index (χ4n) is 3.12. The van der Waals surface area contributed by atoms with Crippen LogP contribution < -0.4 is 5.32 Å². The van der Waals surface area contributed by atoms with E-state index in [9.17, 15) is 4.79 Å². The first kappa shape index (κ1) is 16.4. The van der Waals surface area contributed by atoms with Crippen LogP contribution in [0.1, 0.15) is 18.4 Å². The number of anilines is 1. The van der Waals surface area contributed by atoms with Crippen molar-refractivity contribution in [3.8, 4) is 0 Å². The summed E-state index contributed by atoms with van der Waals surface area (Å²) in [5, 5.41) is 3.25. The van der Waals surface area contributed by atoms with E-state index in [1.54, 1.807) is 18.6 Å². The molecule has 1 aromatic heterocycles. The Morgan fingerprint density at radius 3 is 2.62 bits per heavy atom. The molecule has 0 aliphatic carbocycles. The minimum absolute atomic E-state index is 0.243. The Hall–Kier alpha value is -2.47. The third-order valence-electron chi connectivity index (χ3n) is 4.47. The average molecular weight is 326 g/mol. The van der Waals surface area contributed by atoms with Gasteiger partial charge in [-0.3, -0.25) is 9.88 Å². The number of methoxy groups -OCH3 is 1. The molecule has 3 rings (SSSR count). The molecule has 1 N–H and O–H groups in total. The summed E-state index contributed by atoms with van der Waals surface area (Å²) in [6, 6.07) is 10.4. The topological polar surface area (TPSA) is 67.3 Å². The second-order valence-electron chi connectivity index (χ2n) is 6.05. The molecule has 0 saturated carbocycles. The summed E-state index contributed by atoms with van der Waals surface area (Å²) in [4.78, 5) is 23.0. The monoisotopic (exact) mass is 326 g/mol. The molecular formula is C18H22N4O2. The van der Waals surface area contributed by atoms with Crippen LogP contribution in [0.25, 0.3) is 0 Å². The van der Waals surface area contributed by atoms with Crippen molar-refractivity contribution in [2.24, 2.45) is 0 Å². The Bertz CT molecular complexity index is 655. The number of piperidine rings is 1. The molecular weight excluding hydrogens is 304 g/mol. The number of hydrogen-bond donors (Lipinski definition) is 1. The summed E-state index contributed by atoms with van der Waals surface area (Å²) in [5.41, 5.74) is 0.544. The number of ether oxygens (including phenoxy) is 1. The van der Waals surface area contributed by atoms with Gasteiger partial charge in [-0.05, 0) is 18.4 Å². The molecule has 0 bridgehead atoms. The number of rotatable bonds is 5. The Kier molecular flexibility index (Phi) is 5.05. The lowest BCUT2D eigenvalue weighted by atomic mass is 9.87. The number of carbonyl (C=O) groups is 1. The van der Waals surface area contributed by atoms with E-state index in [2.05, 4.69) is 32.3 Å². The standard InChI is InChI=1S/C18H22N4O2/c1-24-17(23)18(21-16-13-19-9-10-20-16)7-11-22(12-8-18)14-15-5-3-2-4-6-15/h2-6,9-10,13H,7-8,11-12,14H2,1H3,(H,20,21). The van der Waals surface area contributed by atoms with Gasteiger partial charge >= 0.3 is 5.97 Å². The Balaban J connectivity index is 1.68. The summed E-state index contributed by atoms with van der Waals surface area (Å²) in [6.07, 6.45) is 6.18. The van der Waals surface area contributed by atoms with Gasteiger partial charge in [-0.1, -0.05) is 30.3 Å². The fourth-order valence-corrected chi connectivity index (χ4v) is 3.12. The first-order valence-electron chi connectivity index (χ1n) is 8.11. The van der Waals surface area contributed by atoms with Gasteiger partial charge < -0.3 is 10.1 Å². The highest BCUT2D eigenvalue weighted by atomic mass is 16.5. The molecule has 0 unspecified atom stereocenters. The summed E-state index contributed by atoms with van der Waals surface area (Å²) < 4.78 is 5.05. The van der Waals surface area contributed by atoms with Crippen molar-refractivity contribution in [3.63, 3.8) is 0 Å². The van der Waals surface area contributed by atoms with Crippen LogP contribution in [0, 0.1) is 0 Å². The maximum atomic E-state index is 12.4. The molecule has 0 atom stereocenters. The van der Waals surface area contributed by atoms with Crippen molar-refractivity contribution < 1.29 is 9.53 Å². The van der Waals surface area contributed by atoms with E-state index in [1.807, 2.05) is 18.2 Å². The molecule has 6 heteroatoms. The van der Waals surface area contributed by atoms with E-state index >= 15 is 0 Å². The highest BCUT2D eigenvalue weighted by Crippen LogP contribution is 2.28. The minimum Gasteiger partial charge on any atom is -0.467 e. The molecule has 1 aromatic carbocycles. The van der Waals surface area contributed by atoms with Crippen LogP contribution in [0.2, 0.25) is 0 Å². The number of carbonyl (C=O) groups excluding carboxylic acids is 1. The zero-order valence-electron chi connectivity index (χ0n) is 13.8. The van der Waals surface area contributed by atoms with Gasteiger partial charge in [0.05, 0.1) is 13.3 Å². The molecule has 2 aromatic rings. The SMILES string of the molecule is COC(=O)C1(Nc2cnccn2)CCN(Cc2ccccc2)CC1. The predicted molar refractivity (Wildman–Crippen MR) is 91.4 cm³/mol. The summed E-state index contributed by atoms with van der Waals surface area (Å²) in [6.45, 7) is 2.53. The van der Waals surface area contributed by atoms with Crippen LogP contribution in [0.15, 0.2) is 48.9 Å². The maximum absolute atomic E-state index is 12.4. The minimum atomic E-state index is -0.738. The Labute approximate surface area is 141 Å². The van der Waals surface area contributed by atoms with E-state index in [0.29, 0.717) is 18.7 Å². The first-order valence-corrected chi connectivity index (χ1v) is 8.11. The van der Waals surface area contributed by atoms with Gasteiger partial charge in [0.1, 0.15) is 11.4 Å². The van der Waals surface area contributed by atoms with Gasteiger partial charge in [-0.2, -0.15) is 0 Å². The second kappa shape index (κ2) is 7.40. The van der Waals surface area contributed by atoms with Crippen molar-refractivity contribution in [1.82, 2.24) is 14.9 Å². The van der Waals surface area contributed by atoms with Crippen molar-refractivity contribution in [3.05, 3.63) is 54.5 Å². The second-order valence-corrected chi connectivity index (χ2v) is 6.05. The van der Waals surface area contributed by atoms with E-state index in [4.69, 9.17) is 4.74 Å². The van der Waals surface area contributed by atoms with Crippen molar-refractivity contribution in [2.45, 2.75) is 24.9 Å². The normalized spacial score (nSPS) is 17.2. The van der Waals surface area contributed by atoms with Gasteiger partial charge in [-0.25, -0.2) is 9.78 Å². The van der Waals surface area contributed by atoms with E-state index in [0.717, 1.165) is 19.6 Å². The predicted octanol–water partition coefficient (Wildman–Crippen LogP) is 2.10. The van der Waals surface area contributed by atoms with Crippen molar-refractivity contribution >= 4 is 11.8 Å². The van der Waals surface area contributed by atoms with Gasteiger partial charge in [0.15, 0.2) is 0 Å². The van der Waals surface area contributed by atoms with Crippen LogP contribution in [-0.2, 0) is 16.1 Å². The van der Waals surface area contributed by atoms with Crippen LogP contribution in [-0.4, -0.2) is 46.6 Å². The number of likely N-dealkylation sites (tertiary alicyclic amines) is 1. The zero-order valence-corrected chi connectivity index (χ0v) is 13.8. The highest BCUT2D eigenvalue weighted by Gasteiger charge is 2.42. The fraction of sp³-hybridized carbons (Fsp3) is 0.389. The maximum Gasteiger partial charge on any atom is 0.331 e. The number of nitrogens with zero attached hydrogens (tertiary/aromatic N) is 3. The van der Waals surface area contributed by atoms with E-state index < -0.39 is 5.54 Å². The lowest BCUT2D eigenvalue weighted by Crippen LogP contribution is -2.54. The van der Waals surface area contributed by atoms with Gasteiger partial charge in [0, 0.05) is 32.0 Å². The molecule has 1 fully saturated rings. The van der Waals surface area contributed by atoms with Crippen LogP contribution in [0.5, 0.6) is 0 Å². The summed E-state index contributed by atoms with van der Waals surface area (Å²) >= 11 is 0. The number of aromatic nitrogens is 2. The summed E-state index contributed by atoms with van der Waals surface area (Å²) in [7, 11) is 1.43. The van der Waals surface area contributed by atoms with E-state index in [-0.39, 0.29) is 5.97 Å². The molecule has 6 nitrogen and oxygen atoms in total. The molecule has 0 spiro atoms. The molecule has 1 saturated heterocycles. The van der Waals surface area contributed by atoms with Crippen molar-refractivity contribution in [1.29, 1.82) is 0 Å². The number of hydrogen-bond acceptors (Lipinski definition) is 6. The largest absolute Gasteiger partial charge is 0.467 e. The first-order chi connectivity index (χ1) is 11.7. The lowest BCUT2D eigenvalue weighted by molar-refractivity contribution is -0.147. The molecule has 1 aliphatic heterocycles. The molecule has 2 heterocycles. The van der Waals surface area contributed by atoms with Gasteiger partial charge in [0.2, 0.25) is 0 Å². The molecule has 0 amide bonds. The molecule has 1 aliphatic rings. The molecule has 126 valence electrons. The van der Waals surface area contributed by atoms with Crippen LogP contribution in [0.4, 0.5) is 5.82 Å². The molecule has 0 radical (unpaired) electrons. The summed E-state index contributed by atoms with van der Waals surface area (Å²) in [5.74, 6) is 0.354. The van der Waals surface area contributed by atoms with Gasteiger partial charge in [-0.15, -0.1) is 0 Å². The third kappa shape index (κ3) is 3.71. The van der Waals surface area contributed by atoms with Crippen LogP contribution >= 0.6 is 0 Å². The number of nitrogens with one attached hydrogen (secondary N) is 1. The Morgan fingerprint density at radius 1 is 1.25 bits per heavy atom. The van der Waals surface area contributed by atoms with Crippen molar-refractivity contribution in [2.75, 3.05) is 25.5 Å². The van der Waals surface area contributed by atoms with E-state index in [1.165, 1.54) is 12.7 Å². The molecule has 24 heavy (non-hydrogen) atoms.